The van der Waals surface area contributed by atoms with Crippen LogP contribution >= 0.6 is 27.5 Å². The van der Waals surface area contributed by atoms with Gasteiger partial charge in [0.25, 0.3) is 0 Å². The lowest BCUT2D eigenvalue weighted by molar-refractivity contribution is 0.471. The normalized spacial score (nSPS) is 9.80. The lowest BCUT2D eigenvalue weighted by Gasteiger charge is -2.00. The van der Waals surface area contributed by atoms with Crippen molar-refractivity contribution in [3.05, 3.63) is 28.8 Å². The number of halogens is 2. The van der Waals surface area contributed by atoms with E-state index < -0.39 is 0 Å². The van der Waals surface area contributed by atoms with Crippen molar-refractivity contribution >= 4 is 27.5 Å². The molecule has 0 saturated carbocycles. The zero-order chi connectivity index (χ0) is 7.56. The van der Waals surface area contributed by atoms with E-state index in [1.807, 2.05) is 0 Å². The molecular weight excluding hydrogens is 215 g/mol. The summed E-state index contributed by atoms with van der Waals surface area (Å²) >= 11 is 8.95. The molecule has 1 aromatic carbocycles. The summed E-state index contributed by atoms with van der Waals surface area (Å²) in [6.07, 6.45) is 0. The molecule has 0 heterocycles. The van der Waals surface area contributed by atoms with Gasteiger partial charge in [0.2, 0.25) is 0 Å². The second kappa shape index (κ2) is 3.26. The third-order valence-electron chi connectivity index (χ3n) is 1.23. The summed E-state index contributed by atoms with van der Waals surface area (Å²) in [6, 6.07) is 5.07. The number of hydrogen-bond acceptors (Lipinski definition) is 1. The molecule has 0 saturated heterocycles. The molecule has 1 rings (SSSR count). The fourth-order valence-corrected chi connectivity index (χ4v) is 1.67. The Hall–Kier alpha value is -0.210. The maximum absolute atomic E-state index is 9.18. The minimum atomic E-state index is 0.240. The molecule has 0 amide bonds. The molecule has 0 aliphatic carbocycles. The van der Waals surface area contributed by atoms with Crippen LogP contribution in [0.1, 0.15) is 5.56 Å². The standard InChI is InChI=1S/C7H6BrClO/c8-4-5-6(9)2-1-3-7(5)10/h1-3,10H,4H2. The van der Waals surface area contributed by atoms with Gasteiger partial charge in [0.05, 0.1) is 0 Å². The van der Waals surface area contributed by atoms with Gasteiger partial charge < -0.3 is 5.11 Å². The van der Waals surface area contributed by atoms with Crippen LogP contribution in [0.5, 0.6) is 5.75 Å². The Kier molecular flexibility index (Phi) is 2.57. The van der Waals surface area contributed by atoms with Gasteiger partial charge in [-0.3, -0.25) is 0 Å². The Bertz CT molecular complexity index is 217. The highest BCUT2D eigenvalue weighted by Crippen LogP contribution is 2.26. The molecule has 0 atom stereocenters. The highest BCUT2D eigenvalue weighted by atomic mass is 79.9. The van der Waals surface area contributed by atoms with Gasteiger partial charge in [0, 0.05) is 15.9 Å². The molecule has 0 radical (unpaired) electrons. The topological polar surface area (TPSA) is 20.2 Å². The first-order valence-corrected chi connectivity index (χ1v) is 4.28. The second-order valence-electron chi connectivity index (χ2n) is 1.87. The fourth-order valence-electron chi connectivity index (χ4n) is 0.680. The van der Waals surface area contributed by atoms with Crippen molar-refractivity contribution in [2.24, 2.45) is 0 Å². The summed E-state index contributed by atoms with van der Waals surface area (Å²) in [4.78, 5) is 0. The van der Waals surface area contributed by atoms with E-state index in [2.05, 4.69) is 15.9 Å². The van der Waals surface area contributed by atoms with Crippen molar-refractivity contribution in [2.45, 2.75) is 5.33 Å². The number of phenols is 1. The summed E-state index contributed by atoms with van der Waals surface area (Å²) in [7, 11) is 0. The summed E-state index contributed by atoms with van der Waals surface area (Å²) in [5.74, 6) is 0.240. The van der Waals surface area contributed by atoms with Gasteiger partial charge >= 0.3 is 0 Å². The highest BCUT2D eigenvalue weighted by Gasteiger charge is 2.02. The van der Waals surface area contributed by atoms with E-state index in [4.69, 9.17) is 11.6 Å². The lowest BCUT2D eigenvalue weighted by Crippen LogP contribution is -1.79. The zero-order valence-corrected chi connectivity index (χ0v) is 7.48. The number of aromatic hydroxyl groups is 1. The maximum atomic E-state index is 9.18. The average Bonchev–Trinajstić information content (AvgIpc) is 1.88. The van der Waals surface area contributed by atoms with Crippen LogP contribution in [0, 0.1) is 0 Å². The predicted octanol–water partition coefficient (Wildman–Crippen LogP) is 2.94. The first-order valence-electron chi connectivity index (χ1n) is 2.78. The Labute approximate surface area is 72.8 Å². The molecule has 1 N–H and O–H groups in total. The molecule has 3 heteroatoms. The van der Waals surface area contributed by atoms with E-state index in [0.29, 0.717) is 10.4 Å². The molecule has 1 aromatic rings. The minimum Gasteiger partial charge on any atom is -0.508 e. The van der Waals surface area contributed by atoms with Crippen LogP contribution in [0.15, 0.2) is 18.2 Å². The van der Waals surface area contributed by atoms with E-state index >= 15 is 0 Å². The molecule has 0 aromatic heterocycles. The Balaban J connectivity index is 3.17. The Morgan fingerprint density at radius 1 is 1.50 bits per heavy atom. The second-order valence-corrected chi connectivity index (χ2v) is 2.84. The fraction of sp³-hybridized carbons (Fsp3) is 0.143. The third-order valence-corrected chi connectivity index (χ3v) is 2.14. The van der Waals surface area contributed by atoms with Crippen molar-refractivity contribution in [3.63, 3.8) is 0 Å². The number of phenolic OH excluding ortho intramolecular Hbond substituents is 1. The van der Waals surface area contributed by atoms with Gasteiger partial charge in [-0.1, -0.05) is 33.6 Å². The van der Waals surface area contributed by atoms with Gasteiger partial charge in [-0.05, 0) is 12.1 Å². The van der Waals surface area contributed by atoms with Crippen LogP contribution < -0.4 is 0 Å². The monoisotopic (exact) mass is 220 g/mol. The van der Waals surface area contributed by atoms with Crippen LogP contribution in [0.25, 0.3) is 0 Å². The smallest absolute Gasteiger partial charge is 0.121 e. The Morgan fingerprint density at radius 2 is 2.20 bits per heavy atom. The van der Waals surface area contributed by atoms with Crippen molar-refractivity contribution in [2.75, 3.05) is 0 Å². The molecule has 1 nitrogen and oxygen atoms in total. The van der Waals surface area contributed by atoms with Gasteiger partial charge in [-0.2, -0.15) is 0 Å². The van der Waals surface area contributed by atoms with Crippen molar-refractivity contribution in [1.82, 2.24) is 0 Å². The zero-order valence-electron chi connectivity index (χ0n) is 5.14. The van der Waals surface area contributed by atoms with Crippen molar-refractivity contribution < 1.29 is 5.11 Å². The van der Waals surface area contributed by atoms with Crippen LogP contribution in [-0.2, 0) is 5.33 Å². The number of benzene rings is 1. The first-order chi connectivity index (χ1) is 4.75. The summed E-state index contributed by atoms with van der Waals surface area (Å²) in [5.41, 5.74) is 0.740. The van der Waals surface area contributed by atoms with E-state index in [0.717, 1.165) is 5.56 Å². The highest BCUT2D eigenvalue weighted by molar-refractivity contribution is 9.08. The molecule has 0 fully saturated rings. The largest absolute Gasteiger partial charge is 0.508 e. The molecule has 0 bridgehead atoms. The summed E-state index contributed by atoms with van der Waals surface area (Å²) < 4.78 is 0. The van der Waals surface area contributed by atoms with Crippen LogP contribution in [0.2, 0.25) is 5.02 Å². The Morgan fingerprint density at radius 3 is 2.60 bits per heavy atom. The lowest BCUT2D eigenvalue weighted by atomic mass is 10.2. The van der Waals surface area contributed by atoms with Crippen LogP contribution in [0.4, 0.5) is 0 Å². The molecule has 0 aliphatic rings. The third kappa shape index (κ3) is 1.44. The number of hydrogen-bond donors (Lipinski definition) is 1. The molecule has 0 spiro atoms. The van der Waals surface area contributed by atoms with Crippen LogP contribution in [-0.4, -0.2) is 5.11 Å². The van der Waals surface area contributed by atoms with E-state index in [-0.39, 0.29) is 5.75 Å². The number of alkyl halides is 1. The van der Waals surface area contributed by atoms with Gasteiger partial charge in [-0.15, -0.1) is 0 Å². The minimum absolute atomic E-state index is 0.240. The van der Waals surface area contributed by atoms with E-state index in [1.165, 1.54) is 0 Å². The van der Waals surface area contributed by atoms with Crippen molar-refractivity contribution in [1.29, 1.82) is 0 Å². The molecule has 54 valence electrons. The quantitative estimate of drug-likeness (QED) is 0.723. The summed E-state index contributed by atoms with van der Waals surface area (Å²) in [5, 5.41) is 10.4. The molecular formula is C7H6BrClO. The molecule has 10 heavy (non-hydrogen) atoms. The van der Waals surface area contributed by atoms with Gasteiger partial charge in [0.15, 0.2) is 0 Å². The van der Waals surface area contributed by atoms with E-state index in [9.17, 15) is 5.11 Å². The SMILES string of the molecule is Oc1cccc(Cl)c1CBr. The van der Waals surface area contributed by atoms with Gasteiger partial charge in [-0.25, -0.2) is 0 Å². The summed E-state index contributed by atoms with van der Waals surface area (Å²) in [6.45, 7) is 0. The van der Waals surface area contributed by atoms with Gasteiger partial charge in [0.1, 0.15) is 5.75 Å². The molecule has 0 aliphatic heterocycles. The number of rotatable bonds is 1. The average molecular weight is 221 g/mol. The molecule has 0 unspecified atom stereocenters. The predicted molar refractivity (Wildman–Crippen MR) is 45.7 cm³/mol. The first kappa shape index (κ1) is 7.89. The van der Waals surface area contributed by atoms with Crippen molar-refractivity contribution in [3.8, 4) is 5.75 Å². The maximum Gasteiger partial charge on any atom is 0.121 e. The van der Waals surface area contributed by atoms with Crippen LogP contribution in [0.3, 0.4) is 0 Å². The van der Waals surface area contributed by atoms with E-state index in [1.54, 1.807) is 18.2 Å².